The number of nitrogens with zero attached hydrogens (tertiary/aromatic N) is 3. The van der Waals surface area contributed by atoms with E-state index in [1.54, 1.807) is 0 Å². The molecule has 5 heteroatoms. The lowest BCUT2D eigenvalue weighted by Gasteiger charge is -2.52. The second-order valence-electron chi connectivity index (χ2n) is 32.1. The molecule has 3 nitrogen and oxygen atoms in total. The quantitative estimate of drug-likeness (QED) is 0.163. The first-order valence-electron chi connectivity index (χ1n) is 32.4. The van der Waals surface area contributed by atoms with Gasteiger partial charge in [-0.2, -0.15) is 0 Å². The molecule has 1 fully saturated rings. The lowest BCUT2D eigenvalue weighted by atomic mass is 9.32. The van der Waals surface area contributed by atoms with Crippen molar-refractivity contribution < 1.29 is 0 Å². The van der Waals surface area contributed by atoms with Crippen LogP contribution < -0.4 is 31.1 Å². The summed E-state index contributed by atoms with van der Waals surface area (Å²) in [5.41, 5.74) is 29.3. The molecule has 1 aromatic heterocycles. The summed E-state index contributed by atoms with van der Waals surface area (Å²) in [7, 11) is 0. The summed E-state index contributed by atoms with van der Waals surface area (Å²) in [6.45, 7) is 37.9. The Morgan fingerprint density at radius 1 is 0.376 bits per heavy atom. The number of hydrogen-bond donors (Lipinski definition) is 0. The molecule has 2 unspecified atom stereocenters. The van der Waals surface area contributed by atoms with Crippen molar-refractivity contribution in [2.75, 3.05) is 14.7 Å². The van der Waals surface area contributed by atoms with Crippen LogP contribution in [0.1, 0.15) is 199 Å². The molecule has 4 aliphatic carbocycles. The molecule has 7 aliphatic rings. The molecule has 4 heterocycles. The minimum atomic E-state index is -0.184. The maximum atomic E-state index is 2.89. The second-order valence-corrected chi connectivity index (χ2v) is 33.2. The first-order chi connectivity index (χ1) is 40.2. The number of thiophene rings is 1. The molecule has 2 atom stereocenters. The van der Waals surface area contributed by atoms with Crippen molar-refractivity contribution in [2.24, 2.45) is 0 Å². The average molecular weight is 1130 g/mol. The highest BCUT2D eigenvalue weighted by Gasteiger charge is 2.59. The Hall–Kier alpha value is -6.56. The van der Waals surface area contributed by atoms with Crippen molar-refractivity contribution in [3.05, 3.63) is 184 Å². The first kappa shape index (κ1) is 53.9. The van der Waals surface area contributed by atoms with E-state index in [0.717, 1.165) is 32.1 Å². The molecule has 0 radical (unpaired) electrons. The Bertz CT molecular complexity index is 4380. The predicted molar refractivity (Wildman–Crippen MR) is 368 cm³/mol. The van der Waals surface area contributed by atoms with Crippen LogP contribution in [0.25, 0.3) is 31.3 Å². The summed E-state index contributed by atoms with van der Waals surface area (Å²) < 4.78 is 2.68. The van der Waals surface area contributed by atoms with Crippen LogP contribution in [0.2, 0.25) is 0 Å². The molecule has 1 saturated carbocycles. The SMILES string of the molecule is Cc1cc2c(cc1N1c3cc4c(cc3B3c5cc6c(cc5N(c5ccc7c(c5)sc5ccccc57)c5cc(N7c8ccc(-c9ccccc9)cc8C8(C)CCCCC78C)cc1c53)C(C)(C)CCC6(C)C)C(C)(C)CCC4(C)C)C(C)(C)CC2(C)C. The van der Waals surface area contributed by atoms with E-state index in [-0.39, 0.29) is 50.2 Å². The standard InChI is InChI=1S/C80H86BN3S/c1-48-37-55-60(78(12,13)47-77(55,10)11)44-65(48)83-67-46-59-57(74(4,5)34-36-76(59,8)9)43-63(67)81-62-42-56-58(75(6,7)35-33-73(56,2)3)45-66(62)82(51-28-29-54-53-25-19-20-26-70(53)85-71(54)41-51)68-39-52(40-69(83)72(68)81)84-64-30-27-50(49-23-17-16-18-24-49)38-61(64)79(14)31-21-22-32-80(79,84)15/h16-20,23-30,37-46H,21-22,31-36,47H2,1-15H3. The minimum Gasteiger partial charge on any atom is -0.334 e. The van der Waals surface area contributed by atoms with Gasteiger partial charge in [0.1, 0.15) is 0 Å². The largest absolute Gasteiger partial charge is 0.334 e. The van der Waals surface area contributed by atoms with Gasteiger partial charge in [-0.05, 0) is 224 Å². The Balaban J connectivity index is 1.07. The normalized spacial score (nSPS) is 23.6. The number of anilines is 8. The van der Waals surface area contributed by atoms with Gasteiger partial charge in [0.2, 0.25) is 0 Å². The van der Waals surface area contributed by atoms with Crippen LogP contribution in [0.5, 0.6) is 0 Å². The lowest BCUT2D eigenvalue weighted by molar-refractivity contribution is 0.195. The van der Waals surface area contributed by atoms with Crippen LogP contribution in [-0.4, -0.2) is 12.3 Å². The highest BCUT2D eigenvalue weighted by atomic mass is 32.1. The van der Waals surface area contributed by atoms with Crippen molar-refractivity contribution >= 4 is 100 Å². The summed E-state index contributed by atoms with van der Waals surface area (Å²) in [5, 5.41) is 2.68. The van der Waals surface area contributed by atoms with E-state index in [2.05, 4.69) is 258 Å². The fourth-order valence-corrected chi connectivity index (χ4v) is 20.1. The third-order valence-corrected chi connectivity index (χ3v) is 25.1. The van der Waals surface area contributed by atoms with Gasteiger partial charge in [-0.25, -0.2) is 0 Å². The molecule has 0 bridgehead atoms. The molecule has 0 spiro atoms. The molecular weight excluding hydrogens is 1050 g/mol. The molecule has 0 N–H and O–H groups in total. The van der Waals surface area contributed by atoms with E-state index in [1.807, 2.05) is 11.3 Å². The van der Waals surface area contributed by atoms with Gasteiger partial charge in [0, 0.05) is 71.1 Å². The maximum absolute atomic E-state index is 2.89. The van der Waals surface area contributed by atoms with Crippen LogP contribution in [0.3, 0.4) is 0 Å². The van der Waals surface area contributed by atoms with Crippen molar-refractivity contribution in [1.29, 1.82) is 0 Å². The smallest absolute Gasteiger partial charge is 0.252 e. The van der Waals surface area contributed by atoms with Crippen molar-refractivity contribution in [3.8, 4) is 11.1 Å². The summed E-state index contributed by atoms with van der Waals surface area (Å²) in [6, 6.07) is 56.8. The Morgan fingerprint density at radius 3 is 1.55 bits per heavy atom. The van der Waals surface area contributed by atoms with Crippen molar-refractivity contribution in [3.63, 3.8) is 0 Å². The Morgan fingerprint density at radius 2 is 0.906 bits per heavy atom. The molecule has 430 valence electrons. The van der Waals surface area contributed by atoms with Crippen LogP contribution >= 0.6 is 11.3 Å². The molecule has 3 aliphatic heterocycles. The summed E-state index contributed by atoms with van der Waals surface area (Å²) >= 11 is 1.94. The molecule has 9 aromatic rings. The van der Waals surface area contributed by atoms with E-state index in [9.17, 15) is 0 Å². The van der Waals surface area contributed by atoms with Gasteiger partial charge in [0.05, 0.1) is 5.54 Å². The summed E-state index contributed by atoms with van der Waals surface area (Å²) in [4.78, 5) is 8.51. The van der Waals surface area contributed by atoms with Gasteiger partial charge in [-0.3, -0.25) is 0 Å². The van der Waals surface area contributed by atoms with E-state index < -0.39 is 0 Å². The maximum Gasteiger partial charge on any atom is 0.252 e. The van der Waals surface area contributed by atoms with Gasteiger partial charge in [-0.1, -0.05) is 182 Å². The number of aryl methyl sites for hydroxylation is 1. The predicted octanol–water partition coefficient (Wildman–Crippen LogP) is 20.5. The number of benzene rings is 8. The highest BCUT2D eigenvalue weighted by molar-refractivity contribution is 7.25. The van der Waals surface area contributed by atoms with Crippen molar-refractivity contribution in [2.45, 2.75) is 205 Å². The highest BCUT2D eigenvalue weighted by Crippen LogP contribution is 2.63. The number of hydrogen-bond acceptors (Lipinski definition) is 4. The van der Waals surface area contributed by atoms with Crippen LogP contribution in [0.15, 0.2) is 140 Å². The fourth-order valence-electron chi connectivity index (χ4n) is 18.9. The lowest BCUT2D eigenvalue weighted by Crippen LogP contribution is -2.62. The molecule has 8 aromatic carbocycles. The molecule has 0 amide bonds. The number of rotatable bonds is 4. The summed E-state index contributed by atoms with van der Waals surface area (Å²) in [6.07, 6.45) is 10.5. The van der Waals surface area contributed by atoms with Gasteiger partial charge >= 0.3 is 0 Å². The fraction of sp³-hybridized carbons (Fsp3) is 0.400. The zero-order valence-electron chi connectivity index (χ0n) is 53.5. The Labute approximate surface area is 512 Å². The monoisotopic (exact) mass is 1130 g/mol. The van der Waals surface area contributed by atoms with E-state index in [4.69, 9.17) is 0 Å². The summed E-state index contributed by atoms with van der Waals surface area (Å²) in [5.74, 6) is 0. The average Bonchev–Trinajstić information content (AvgIpc) is 1.68. The topological polar surface area (TPSA) is 9.72 Å². The van der Waals surface area contributed by atoms with Gasteiger partial charge in [0.25, 0.3) is 6.71 Å². The molecule has 0 saturated heterocycles. The molecule has 16 rings (SSSR count). The van der Waals surface area contributed by atoms with Crippen molar-refractivity contribution in [1.82, 2.24) is 0 Å². The van der Waals surface area contributed by atoms with E-state index >= 15 is 0 Å². The van der Waals surface area contributed by atoms with Gasteiger partial charge in [-0.15, -0.1) is 11.3 Å². The van der Waals surface area contributed by atoms with Crippen LogP contribution in [0.4, 0.5) is 45.5 Å². The Kier molecular flexibility index (Phi) is 11.0. The van der Waals surface area contributed by atoms with E-state index in [0.29, 0.717) is 0 Å². The third kappa shape index (κ3) is 7.38. The van der Waals surface area contributed by atoms with Crippen LogP contribution in [-0.2, 0) is 37.9 Å². The van der Waals surface area contributed by atoms with E-state index in [1.165, 1.54) is 163 Å². The first-order valence-corrected chi connectivity index (χ1v) is 33.3. The zero-order valence-corrected chi connectivity index (χ0v) is 54.3. The second kappa shape index (κ2) is 17.4. The molecular formula is C80H86BN3S. The third-order valence-electron chi connectivity index (χ3n) is 24.0. The zero-order chi connectivity index (χ0) is 59.1. The molecule has 85 heavy (non-hydrogen) atoms. The minimum absolute atomic E-state index is 0.00948. The number of fused-ring (bicyclic) bond motifs is 13. The van der Waals surface area contributed by atoms with Gasteiger partial charge in [0.15, 0.2) is 0 Å². The van der Waals surface area contributed by atoms with Gasteiger partial charge < -0.3 is 14.7 Å². The van der Waals surface area contributed by atoms with Crippen LogP contribution in [0, 0.1) is 6.92 Å².